The predicted molar refractivity (Wildman–Crippen MR) is 165 cm³/mol. The number of Topliss-reactive ketones (excluding diaryl/α,β-unsaturated/α-hetero) is 3. The molecule has 2 rings (SSSR count). The Balaban J connectivity index is 1.96. The average Bonchev–Trinajstić information content (AvgIpc) is 3.02. The molecular formula is C32H55NO14. The van der Waals surface area contributed by atoms with Gasteiger partial charge in [-0.05, 0) is 32.1 Å². The van der Waals surface area contributed by atoms with Crippen molar-refractivity contribution >= 4 is 23.3 Å². The fourth-order valence-electron chi connectivity index (χ4n) is 5.78. The van der Waals surface area contributed by atoms with E-state index in [1.54, 1.807) is 27.7 Å². The van der Waals surface area contributed by atoms with Gasteiger partial charge in [-0.25, -0.2) is 0 Å². The molecule has 12 atom stereocenters. The molecule has 2 fully saturated rings. The highest BCUT2D eigenvalue weighted by molar-refractivity contribution is 5.91. The molecule has 0 saturated carbocycles. The minimum atomic E-state index is -1.59. The number of aliphatic hydroxyl groups excluding tert-OH is 8. The first kappa shape index (κ1) is 41.3. The standard InChI is InChI=1S/C32H55NO14/c1-16(8-11-20-26(40)30(44)28(42)22(14-34)46-20)18(36)10-13-25(39)33-17(19(37)6-5-7-24(38)32(2,3)4)9-12-21-27(41)31(45)29(43)23(15-35)47-21/h16-17,20-23,26-31,34-35,40-45H,5-15H2,1-4H3,(H,33,39). The molecule has 2 aliphatic heterocycles. The molecule has 0 aromatic carbocycles. The van der Waals surface area contributed by atoms with Crippen molar-refractivity contribution in [2.24, 2.45) is 11.3 Å². The zero-order valence-electron chi connectivity index (χ0n) is 27.7. The van der Waals surface area contributed by atoms with Gasteiger partial charge in [-0.2, -0.15) is 0 Å². The van der Waals surface area contributed by atoms with Gasteiger partial charge in [0.15, 0.2) is 5.78 Å². The Kier molecular flexibility index (Phi) is 16.4. The van der Waals surface area contributed by atoms with Crippen molar-refractivity contribution in [2.75, 3.05) is 13.2 Å². The van der Waals surface area contributed by atoms with Gasteiger partial charge in [-0.15, -0.1) is 0 Å². The number of nitrogens with one attached hydrogen (secondary N) is 1. The van der Waals surface area contributed by atoms with E-state index in [0.717, 1.165) is 0 Å². The molecule has 47 heavy (non-hydrogen) atoms. The van der Waals surface area contributed by atoms with Gasteiger partial charge in [0.05, 0.1) is 31.5 Å². The monoisotopic (exact) mass is 677 g/mol. The summed E-state index contributed by atoms with van der Waals surface area (Å²) in [7, 11) is 0. The number of carbonyl (C=O) groups excluding carboxylic acids is 4. The molecule has 0 aliphatic carbocycles. The Morgan fingerprint density at radius 3 is 1.57 bits per heavy atom. The number of aliphatic hydroxyl groups is 8. The van der Waals surface area contributed by atoms with Crippen molar-refractivity contribution in [3.63, 3.8) is 0 Å². The lowest BCUT2D eigenvalue weighted by Gasteiger charge is -2.40. The predicted octanol–water partition coefficient (Wildman–Crippen LogP) is -1.94. The second kappa shape index (κ2) is 18.7. The zero-order chi connectivity index (χ0) is 35.6. The summed E-state index contributed by atoms with van der Waals surface area (Å²) in [6.07, 6.45) is -12.9. The quantitative estimate of drug-likeness (QED) is 0.0765. The van der Waals surface area contributed by atoms with E-state index >= 15 is 0 Å². The largest absolute Gasteiger partial charge is 0.394 e. The third-order valence-electron chi connectivity index (χ3n) is 9.14. The van der Waals surface area contributed by atoms with Crippen LogP contribution in [0.2, 0.25) is 0 Å². The van der Waals surface area contributed by atoms with E-state index in [0.29, 0.717) is 0 Å². The van der Waals surface area contributed by atoms with E-state index in [9.17, 15) is 60.0 Å². The van der Waals surface area contributed by atoms with Crippen LogP contribution in [-0.4, -0.2) is 144 Å². The number of hydrogen-bond donors (Lipinski definition) is 9. The number of carbonyl (C=O) groups is 4. The maximum Gasteiger partial charge on any atom is 0.221 e. The van der Waals surface area contributed by atoms with Gasteiger partial charge < -0.3 is 55.6 Å². The van der Waals surface area contributed by atoms with Gasteiger partial charge in [-0.1, -0.05) is 27.7 Å². The van der Waals surface area contributed by atoms with E-state index < -0.39 is 97.5 Å². The van der Waals surface area contributed by atoms with Gasteiger partial charge >= 0.3 is 0 Å². The molecule has 0 aromatic rings. The summed E-state index contributed by atoms with van der Waals surface area (Å²) in [6, 6.07) is -1.06. The lowest BCUT2D eigenvalue weighted by atomic mass is 9.87. The van der Waals surface area contributed by atoms with Crippen molar-refractivity contribution in [1.82, 2.24) is 5.32 Å². The number of ether oxygens (including phenoxy) is 2. The van der Waals surface area contributed by atoms with Crippen LogP contribution in [0.1, 0.15) is 85.5 Å². The molecule has 0 bridgehead atoms. The van der Waals surface area contributed by atoms with E-state index in [1.807, 2.05) is 0 Å². The van der Waals surface area contributed by atoms with Gasteiger partial charge in [0.1, 0.15) is 60.4 Å². The average molecular weight is 678 g/mol. The van der Waals surface area contributed by atoms with Crippen LogP contribution in [0.5, 0.6) is 0 Å². The van der Waals surface area contributed by atoms with E-state index in [-0.39, 0.29) is 75.1 Å². The second-order valence-corrected chi connectivity index (χ2v) is 13.9. The molecule has 15 nitrogen and oxygen atoms in total. The Bertz CT molecular complexity index is 1030. The van der Waals surface area contributed by atoms with Crippen molar-refractivity contribution in [3.8, 4) is 0 Å². The highest BCUT2D eigenvalue weighted by atomic mass is 16.6. The summed E-state index contributed by atoms with van der Waals surface area (Å²) < 4.78 is 11.0. The molecule has 12 unspecified atom stereocenters. The normalized spacial score (nSPS) is 32.8. The first-order chi connectivity index (χ1) is 21.9. The fourth-order valence-corrected chi connectivity index (χ4v) is 5.78. The van der Waals surface area contributed by atoms with Crippen LogP contribution in [0, 0.1) is 11.3 Å². The SMILES string of the molecule is CC(CCC1OC(CO)C(O)C(O)C1O)C(=O)CCC(=O)NC(CCC1OC(CO)C(O)C(O)C1O)C(=O)CCCC(=O)C(C)(C)C. The zero-order valence-corrected chi connectivity index (χ0v) is 27.7. The second-order valence-electron chi connectivity index (χ2n) is 13.9. The summed E-state index contributed by atoms with van der Waals surface area (Å²) >= 11 is 0. The molecule has 2 saturated heterocycles. The Hall–Kier alpha value is -1.92. The van der Waals surface area contributed by atoms with Crippen LogP contribution >= 0.6 is 0 Å². The Labute approximate surface area is 275 Å². The summed E-state index contributed by atoms with van der Waals surface area (Å²) in [6.45, 7) is 5.79. The number of rotatable bonds is 18. The summed E-state index contributed by atoms with van der Waals surface area (Å²) in [5.41, 5.74) is -0.571. The fraction of sp³-hybridized carbons (Fsp3) is 0.875. The van der Waals surface area contributed by atoms with Gasteiger partial charge in [0.25, 0.3) is 0 Å². The maximum absolute atomic E-state index is 13.2. The van der Waals surface area contributed by atoms with Crippen molar-refractivity contribution < 1.29 is 69.5 Å². The van der Waals surface area contributed by atoms with Gasteiger partial charge in [0.2, 0.25) is 5.91 Å². The molecule has 15 heteroatoms. The smallest absolute Gasteiger partial charge is 0.221 e. The maximum atomic E-state index is 13.2. The molecule has 1 amide bonds. The van der Waals surface area contributed by atoms with Crippen LogP contribution in [0.15, 0.2) is 0 Å². The summed E-state index contributed by atoms with van der Waals surface area (Å²) in [4.78, 5) is 51.2. The highest BCUT2D eigenvalue weighted by Crippen LogP contribution is 2.27. The Morgan fingerprint density at radius 1 is 0.638 bits per heavy atom. The van der Waals surface area contributed by atoms with Crippen LogP contribution < -0.4 is 5.32 Å². The lowest BCUT2D eigenvalue weighted by Crippen LogP contribution is -2.58. The molecule has 272 valence electrons. The molecule has 0 spiro atoms. The lowest BCUT2D eigenvalue weighted by molar-refractivity contribution is -0.230. The van der Waals surface area contributed by atoms with Crippen LogP contribution in [0.4, 0.5) is 0 Å². The first-order valence-corrected chi connectivity index (χ1v) is 16.4. The van der Waals surface area contributed by atoms with Crippen molar-refractivity contribution in [1.29, 1.82) is 0 Å². The van der Waals surface area contributed by atoms with Gasteiger partial charge in [-0.3, -0.25) is 19.2 Å². The van der Waals surface area contributed by atoms with Gasteiger partial charge in [0, 0.05) is 37.0 Å². The molecular weight excluding hydrogens is 622 g/mol. The Morgan fingerprint density at radius 2 is 1.11 bits per heavy atom. The van der Waals surface area contributed by atoms with E-state index in [1.165, 1.54) is 0 Å². The molecule has 2 heterocycles. The van der Waals surface area contributed by atoms with E-state index in [2.05, 4.69) is 5.32 Å². The molecule has 0 radical (unpaired) electrons. The first-order valence-electron chi connectivity index (χ1n) is 16.4. The van der Waals surface area contributed by atoms with E-state index in [4.69, 9.17) is 9.47 Å². The number of ketones is 3. The topological polar surface area (TPSA) is 261 Å². The minimum Gasteiger partial charge on any atom is -0.394 e. The molecule has 2 aliphatic rings. The minimum absolute atomic E-state index is 0.0185. The number of amides is 1. The van der Waals surface area contributed by atoms with Crippen LogP contribution in [-0.2, 0) is 28.7 Å². The van der Waals surface area contributed by atoms with Crippen LogP contribution in [0.25, 0.3) is 0 Å². The van der Waals surface area contributed by atoms with Crippen LogP contribution in [0.3, 0.4) is 0 Å². The summed E-state index contributed by atoms with van der Waals surface area (Å²) in [5, 5.41) is 82.2. The van der Waals surface area contributed by atoms with Crippen molar-refractivity contribution in [2.45, 2.75) is 153 Å². The third-order valence-corrected chi connectivity index (χ3v) is 9.14. The molecule has 9 N–H and O–H groups in total. The number of hydrogen-bond acceptors (Lipinski definition) is 14. The molecule has 0 aromatic heterocycles. The van der Waals surface area contributed by atoms with Crippen molar-refractivity contribution in [3.05, 3.63) is 0 Å². The summed E-state index contributed by atoms with van der Waals surface area (Å²) in [5.74, 6) is -1.80. The third kappa shape index (κ3) is 11.9. The highest BCUT2D eigenvalue weighted by Gasteiger charge is 2.44.